The second kappa shape index (κ2) is 6.83. The summed E-state index contributed by atoms with van der Waals surface area (Å²) in [5.74, 6) is -1.84. The van der Waals surface area contributed by atoms with Crippen molar-refractivity contribution in [3.63, 3.8) is 0 Å². The van der Waals surface area contributed by atoms with Crippen molar-refractivity contribution >= 4 is 11.7 Å². The van der Waals surface area contributed by atoms with Crippen molar-refractivity contribution in [3.8, 4) is 5.75 Å². The quantitative estimate of drug-likeness (QED) is 0.861. The van der Waals surface area contributed by atoms with Crippen LogP contribution >= 0.6 is 0 Å². The van der Waals surface area contributed by atoms with Crippen LogP contribution in [-0.4, -0.2) is 22.7 Å². The summed E-state index contributed by atoms with van der Waals surface area (Å²) >= 11 is 0. The number of carbonyl (C=O) groups is 1. The molecule has 5 nitrogen and oxygen atoms in total. The smallest absolute Gasteiger partial charge is 0.263 e. The van der Waals surface area contributed by atoms with Gasteiger partial charge in [-0.15, -0.1) is 0 Å². The molecule has 0 bridgehead atoms. The van der Waals surface area contributed by atoms with E-state index >= 15 is 0 Å². The van der Waals surface area contributed by atoms with E-state index in [0.29, 0.717) is 11.9 Å². The fourth-order valence-electron chi connectivity index (χ4n) is 1.74. The number of hydrogen-bond acceptors (Lipinski definition) is 3. The highest BCUT2D eigenvalue weighted by molar-refractivity contribution is 5.90. The maximum atomic E-state index is 13.3. The van der Waals surface area contributed by atoms with Crippen LogP contribution in [0, 0.1) is 11.6 Å². The van der Waals surface area contributed by atoms with Crippen LogP contribution in [0.1, 0.15) is 19.0 Å². The Labute approximate surface area is 120 Å². The van der Waals surface area contributed by atoms with Gasteiger partial charge < -0.3 is 10.1 Å². The third-order valence-electron chi connectivity index (χ3n) is 2.67. The number of amides is 1. The molecule has 0 radical (unpaired) electrons. The van der Waals surface area contributed by atoms with Crippen molar-refractivity contribution in [2.75, 3.05) is 11.9 Å². The van der Waals surface area contributed by atoms with E-state index in [9.17, 15) is 13.6 Å². The number of H-pyrrole nitrogens is 1. The summed E-state index contributed by atoms with van der Waals surface area (Å²) in [5.41, 5.74) is 0.915. The Kier molecular flexibility index (Phi) is 4.86. The van der Waals surface area contributed by atoms with E-state index in [1.54, 1.807) is 6.07 Å². The number of benzene rings is 1. The average molecular weight is 295 g/mol. The largest absolute Gasteiger partial charge is 0.481 e. The predicted octanol–water partition coefficient (Wildman–Crippen LogP) is 2.66. The summed E-state index contributed by atoms with van der Waals surface area (Å²) in [5, 5.41) is 9.24. The number of aromatic nitrogens is 2. The van der Waals surface area contributed by atoms with Crippen LogP contribution < -0.4 is 10.1 Å². The Bertz CT molecular complexity index is 628. The maximum absolute atomic E-state index is 13.3. The van der Waals surface area contributed by atoms with Crippen molar-refractivity contribution in [1.29, 1.82) is 0 Å². The molecule has 2 aromatic rings. The number of ether oxygens (including phenoxy) is 1. The van der Waals surface area contributed by atoms with Gasteiger partial charge in [0.2, 0.25) is 0 Å². The highest BCUT2D eigenvalue weighted by Gasteiger charge is 2.09. The number of aromatic amines is 1. The summed E-state index contributed by atoms with van der Waals surface area (Å²) in [7, 11) is 0. The minimum Gasteiger partial charge on any atom is -0.481 e. The first-order chi connectivity index (χ1) is 10.1. The van der Waals surface area contributed by atoms with Gasteiger partial charge >= 0.3 is 0 Å². The van der Waals surface area contributed by atoms with E-state index in [1.807, 2.05) is 6.92 Å². The van der Waals surface area contributed by atoms with E-state index in [-0.39, 0.29) is 5.75 Å². The zero-order valence-electron chi connectivity index (χ0n) is 11.5. The molecule has 0 spiro atoms. The number of carbonyl (C=O) groups excluding carboxylic acids is 1. The molecule has 1 amide bonds. The monoisotopic (exact) mass is 295 g/mol. The molecule has 1 aromatic carbocycles. The van der Waals surface area contributed by atoms with E-state index in [0.717, 1.165) is 30.7 Å². The fraction of sp³-hybridized carbons (Fsp3) is 0.286. The zero-order valence-corrected chi connectivity index (χ0v) is 11.5. The first-order valence-corrected chi connectivity index (χ1v) is 6.50. The summed E-state index contributed by atoms with van der Waals surface area (Å²) < 4.78 is 31.0. The summed E-state index contributed by atoms with van der Waals surface area (Å²) in [6.07, 6.45) is 1.79. The van der Waals surface area contributed by atoms with Crippen molar-refractivity contribution in [1.82, 2.24) is 10.2 Å². The van der Waals surface area contributed by atoms with Crippen molar-refractivity contribution < 1.29 is 18.3 Å². The average Bonchev–Trinajstić information content (AvgIpc) is 2.85. The second-order valence-corrected chi connectivity index (χ2v) is 4.44. The first kappa shape index (κ1) is 15.0. The number of nitrogens with one attached hydrogen (secondary N) is 2. The van der Waals surface area contributed by atoms with Crippen LogP contribution in [0.25, 0.3) is 0 Å². The lowest BCUT2D eigenvalue weighted by molar-refractivity contribution is -0.118. The molecule has 7 heteroatoms. The Morgan fingerprint density at radius 3 is 2.90 bits per heavy atom. The molecule has 1 heterocycles. The van der Waals surface area contributed by atoms with Gasteiger partial charge in [0.15, 0.2) is 24.0 Å². The second-order valence-electron chi connectivity index (χ2n) is 4.44. The molecule has 2 rings (SSSR count). The first-order valence-electron chi connectivity index (χ1n) is 6.50. The van der Waals surface area contributed by atoms with Crippen LogP contribution in [0.2, 0.25) is 0 Å². The fourth-order valence-corrected chi connectivity index (χ4v) is 1.74. The minimum atomic E-state index is -0.854. The van der Waals surface area contributed by atoms with Crippen LogP contribution in [0.5, 0.6) is 5.75 Å². The number of nitrogens with zero attached hydrogens (tertiary/aromatic N) is 1. The van der Waals surface area contributed by atoms with E-state index in [2.05, 4.69) is 15.5 Å². The van der Waals surface area contributed by atoms with Gasteiger partial charge in [-0.05, 0) is 18.6 Å². The molecular weight excluding hydrogens is 280 g/mol. The number of halogens is 2. The molecule has 112 valence electrons. The number of hydrogen-bond donors (Lipinski definition) is 2. The topological polar surface area (TPSA) is 67.0 Å². The van der Waals surface area contributed by atoms with Crippen molar-refractivity contribution in [2.45, 2.75) is 19.8 Å². The molecule has 0 unspecified atom stereocenters. The van der Waals surface area contributed by atoms with Gasteiger partial charge in [0.25, 0.3) is 5.91 Å². The van der Waals surface area contributed by atoms with Gasteiger partial charge in [0.05, 0.1) is 0 Å². The van der Waals surface area contributed by atoms with E-state index < -0.39 is 24.1 Å². The lowest BCUT2D eigenvalue weighted by Gasteiger charge is -2.06. The third-order valence-corrected chi connectivity index (χ3v) is 2.67. The van der Waals surface area contributed by atoms with Gasteiger partial charge in [-0.3, -0.25) is 9.89 Å². The summed E-state index contributed by atoms with van der Waals surface area (Å²) in [6.45, 7) is 1.64. The zero-order chi connectivity index (χ0) is 15.2. The Morgan fingerprint density at radius 1 is 1.38 bits per heavy atom. The number of aryl methyl sites for hydroxylation is 1. The minimum absolute atomic E-state index is 0.180. The highest BCUT2D eigenvalue weighted by atomic mass is 19.1. The van der Waals surface area contributed by atoms with Crippen molar-refractivity contribution in [3.05, 3.63) is 41.6 Å². The van der Waals surface area contributed by atoms with Gasteiger partial charge in [0, 0.05) is 17.8 Å². The molecule has 0 saturated heterocycles. The van der Waals surface area contributed by atoms with Gasteiger partial charge in [0.1, 0.15) is 5.82 Å². The third kappa shape index (κ3) is 4.27. The molecular formula is C14H15F2N3O2. The normalized spacial score (nSPS) is 10.4. The molecule has 2 N–H and O–H groups in total. The van der Waals surface area contributed by atoms with Crippen LogP contribution in [0.4, 0.5) is 14.6 Å². The number of rotatable bonds is 6. The Hall–Kier alpha value is -2.44. The SMILES string of the molecule is CCCc1cc(NC(=O)COc2ccc(F)cc2F)n[nH]1. The molecule has 0 fully saturated rings. The predicted molar refractivity (Wildman–Crippen MR) is 73.1 cm³/mol. The van der Waals surface area contributed by atoms with E-state index in [1.165, 1.54) is 0 Å². The van der Waals surface area contributed by atoms with Crippen molar-refractivity contribution in [2.24, 2.45) is 0 Å². The Morgan fingerprint density at radius 2 is 2.19 bits per heavy atom. The lowest BCUT2D eigenvalue weighted by Crippen LogP contribution is -2.20. The van der Waals surface area contributed by atoms with Crippen LogP contribution in [0.15, 0.2) is 24.3 Å². The molecule has 0 saturated carbocycles. The summed E-state index contributed by atoms with van der Waals surface area (Å²) in [6, 6.07) is 4.60. The van der Waals surface area contributed by atoms with E-state index in [4.69, 9.17) is 4.74 Å². The lowest BCUT2D eigenvalue weighted by atomic mass is 10.2. The van der Waals surface area contributed by atoms with Crippen LogP contribution in [-0.2, 0) is 11.2 Å². The van der Waals surface area contributed by atoms with Gasteiger partial charge in [-0.25, -0.2) is 8.78 Å². The molecule has 0 aliphatic heterocycles. The number of anilines is 1. The molecule has 0 aliphatic carbocycles. The van der Waals surface area contributed by atoms with Gasteiger partial charge in [-0.1, -0.05) is 13.3 Å². The highest BCUT2D eigenvalue weighted by Crippen LogP contribution is 2.17. The molecule has 1 aromatic heterocycles. The van der Waals surface area contributed by atoms with Gasteiger partial charge in [-0.2, -0.15) is 5.10 Å². The maximum Gasteiger partial charge on any atom is 0.263 e. The summed E-state index contributed by atoms with van der Waals surface area (Å²) in [4.78, 5) is 11.6. The standard InChI is InChI=1S/C14H15F2N3O2/c1-2-3-10-7-13(19-18-10)17-14(20)8-21-12-5-4-9(15)6-11(12)16/h4-7H,2-3,8H2,1H3,(H2,17,18,19,20). The molecule has 21 heavy (non-hydrogen) atoms. The molecule has 0 aliphatic rings. The Balaban J connectivity index is 1.86. The van der Waals surface area contributed by atoms with Crippen LogP contribution in [0.3, 0.4) is 0 Å². The molecule has 0 atom stereocenters.